The third kappa shape index (κ3) is 3.20. The Morgan fingerprint density at radius 3 is 3.00 bits per heavy atom. The summed E-state index contributed by atoms with van der Waals surface area (Å²) in [5.41, 5.74) is 0. The number of sulfonamides is 1. The second-order valence-electron chi connectivity index (χ2n) is 4.32. The summed E-state index contributed by atoms with van der Waals surface area (Å²) < 4.78 is 32.3. The molecule has 1 saturated heterocycles. The molecule has 2 heterocycles. The minimum absolute atomic E-state index is 0.00916. The largest absolute Gasteiger partial charge is 0.378 e. The van der Waals surface area contributed by atoms with Crippen molar-refractivity contribution in [3.63, 3.8) is 0 Å². The number of hydrogen-bond acceptors (Lipinski definition) is 4. The van der Waals surface area contributed by atoms with Crippen LogP contribution in [0, 0.1) is 0 Å². The van der Waals surface area contributed by atoms with Gasteiger partial charge in [-0.1, -0.05) is 11.6 Å². The Labute approximate surface area is 112 Å². The second kappa shape index (κ2) is 5.52. The fraction of sp³-hybridized carbons (Fsp3) is 0.545. The van der Waals surface area contributed by atoms with Crippen molar-refractivity contribution < 1.29 is 13.2 Å². The van der Waals surface area contributed by atoms with E-state index in [0.717, 1.165) is 0 Å². The highest BCUT2D eigenvalue weighted by Gasteiger charge is 2.26. The van der Waals surface area contributed by atoms with Crippen LogP contribution in [-0.2, 0) is 14.8 Å². The fourth-order valence-electron chi connectivity index (χ4n) is 1.96. The Morgan fingerprint density at radius 1 is 1.56 bits per heavy atom. The number of ether oxygens (including phenoxy) is 1. The normalized spacial score (nSPS) is 25.0. The monoisotopic (exact) mass is 290 g/mol. The molecule has 0 aromatic carbocycles. The molecule has 1 fully saturated rings. The maximum Gasteiger partial charge on any atom is 0.243 e. The molecule has 1 aliphatic heterocycles. The van der Waals surface area contributed by atoms with E-state index >= 15 is 0 Å². The molecule has 100 valence electrons. The van der Waals surface area contributed by atoms with Crippen LogP contribution in [0.1, 0.15) is 19.8 Å². The standard InChI is InChI=1S/C11H15ClN2O3S/c1-8-7-9(4-6-17-8)14-18(15,16)10-3-2-5-13-11(10)12/h2-3,5,8-9,14H,4,6-7H2,1H3. The van der Waals surface area contributed by atoms with Crippen molar-refractivity contribution >= 4 is 21.6 Å². The Hall–Kier alpha value is -0.690. The van der Waals surface area contributed by atoms with Crippen LogP contribution in [0.4, 0.5) is 0 Å². The number of aromatic nitrogens is 1. The molecule has 0 aliphatic carbocycles. The first-order valence-electron chi connectivity index (χ1n) is 5.73. The highest BCUT2D eigenvalue weighted by molar-refractivity contribution is 7.89. The van der Waals surface area contributed by atoms with Gasteiger partial charge >= 0.3 is 0 Å². The van der Waals surface area contributed by atoms with Crippen LogP contribution in [0.3, 0.4) is 0 Å². The van der Waals surface area contributed by atoms with Gasteiger partial charge in [0.1, 0.15) is 10.0 Å². The predicted molar refractivity (Wildman–Crippen MR) is 68.0 cm³/mol. The van der Waals surface area contributed by atoms with Crippen molar-refractivity contribution in [2.45, 2.75) is 36.8 Å². The van der Waals surface area contributed by atoms with Crippen molar-refractivity contribution in [1.29, 1.82) is 0 Å². The van der Waals surface area contributed by atoms with Gasteiger partial charge in [-0.3, -0.25) is 0 Å². The smallest absolute Gasteiger partial charge is 0.243 e. The van der Waals surface area contributed by atoms with Gasteiger partial charge in [0.25, 0.3) is 0 Å². The number of pyridine rings is 1. The molecule has 0 saturated carbocycles. The summed E-state index contributed by atoms with van der Waals surface area (Å²) >= 11 is 5.80. The van der Waals surface area contributed by atoms with Crippen LogP contribution >= 0.6 is 11.6 Å². The molecule has 1 aromatic heterocycles. The predicted octanol–water partition coefficient (Wildman–Crippen LogP) is 1.58. The van der Waals surface area contributed by atoms with Crippen molar-refractivity contribution in [3.05, 3.63) is 23.5 Å². The molecule has 1 aromatic rings. The summed E-state index contributed by atoms with van der Waals surface area (Å²) in [5.74, 6) is 0. The number of rotatable bonds is 3. The van der Waals surface area contributed by atoms with Gasteiger partial charge in [0, 0.05) is 18.8 Å². The SMILES string of the molecule is CC1CC(NS(=O)(=O)c2cccnc2Cl)CCO1. The zero-order valence-corrected chi connectivity index (χ0v) is 11.5. The molecule has 1 aliphatic rings. The second-order valence-corrected chi connectivity index (χ2v) is 6.36. The number of halogens is 1. The average Bonchev–Trinajstić information content (AvgIpc) is 2.28. The first-order valence-corrected chi connectivity index (χ1v) is 7.59. The molecule has 2 rings (SSSR count). The Kier molecular flexibility index (Phi) is 4.21. The molecular weight excluding hydrogens is 276 g/mol. The molecule has 5 nitrogen and oxygen atoms in total. The average molecular weight is 291 g/mol. The molecule has 2 unspecified atom stereocenters. The van der Waals surface area contributed by atoms with Crippen LogP contribution < -0.4 is 4.72 Å². The molecule has 0 radical (unpaired) electrons. The number of nitrogens with one attached hydrogen (secondary N) is 1. The van der Waals surface area contributed by atoms with Crippen LogP contribution in [0.25, 0.3) is 0 Å². The Bertz CT molecular complexity index is 521. The van der Waals surface area contributed by atoms with E-state index in [-0.39, 0.29) is 22.2 Å². The first-order chi connectivity index (χ1) is 8.49. The van der Waals surface area contributed by atoms with Gasteiger partial charge in [0.15, 0.2) is 0 Å². The van der Waals surface area contributed by atoms with Gasteiger partial charge in [-0.15, -0.1) is 0 Å². The molecule has 2 atom stereocenters. The summed E-state index contributed by atoms with van der Waals surface area (Å²) in [5, 5.41) is -0.00916. The van der Waals surface area contributed by atoms with Crippen LogP contribution in [0.15, 0.2) is 23.2 Å². The lowest BCUT2D eigenvalue weighted by atomic mass is 10.1. The topological polar surface area (TPSA) is 68.3 Å². The minimum atomic E-state index is -3.61. The van der Waals surface area contributed by atoms with E-state index in [0.29, 0.717) is 19.4 Å². The quantitative estimate of drug-likeness (QED) is 0.858. The van der Waals surface area contributed by atoms with Crippen LogP contribution in [0.2, 0.25) is 5.15 Å². The van der Waals surface area contributed by atoms with Crippen molar-refractivity contribution in [2.24, 2.45) is 0 Å². The van der Waals surface area contributed by atoms with Crippen molar-refractivity contribution in [3.8, 4) is 0 Å². The summed E-state index contributed by atoms with van der Waals surface area (Å²) in [6, 6.07) is 2.88. The molecular formula is C11H15ClN2O3S. The van der Waals surface area contributed by atoms with Gasteiger partial charge in [0.05, 0.1) is 6.10 Å². The third-order valence-electron chi connectivity index (χ3n) is 2.82. The minimum Gasteiger partial charge on any atom is -0.378 e. The third-order valence-corrected chi connectivity index (χ3v) is 4.79. The highest BCUT2D eigenvalue weighted by atomic mass is 35.5. The zero-order valence-electron chi connectivity index (χ0n) is 9.97. The Balaban J connectivity index is 2.15. The summed E-state index contributed by atoms with van der Waals surface area (Å²) in [7, 11) is -3.61. The van der Waals surface area contributed by atoms with Gasteiger partial charge in [-0.05, 0) is 31.9 Å². The van der Waals surface area contributed by atoms with E-state index in [1.807, 2.05) is 6.92 Å². The highest BCUT2D eigenvalue weighted by Crippen LogP contribution is 2.20. The molecule has 0 amide bonds. The van der Waals surface area contributed by atoms with E-state index in [4.69, 9.17) is 16.3 Å². The van der Waals surface area contributed by atoms with E-state index in [1.165, 1.54) is 12.3 Å². The van der Waals surface area contributed by atoms with Gasteiger partial charge in [-0.2, -0.15) is 0 Å². The lowest BCUT2D eigenvalue weighted by molar-refractivity contribution is 0.0173. The van der Waals surface area contributed by atoms with Gasteiger partial charge < -0.3 is 4.74 Å². The zero-order chi connectivity index (χ0) is 13.2. The van der Waals surface area contributed by atoms with E-state index in [1.54, 1.807) is 6.07 Å². The maximum absolute atomic E-state index is 12.2. The van der Waals surface area contributed by atoms with Gasteiger partial charge in [-0.25, -0.2) is 18.1 Å². The number of nitrogens with zero attached hydrogens (tertiary/aromatic N) is 1. The van der Waals surface area contributed by atoms with E-state index < -0.39 is 10.0 Å². The summed E-state index contributed by atoms with van der Waals surface area (Å²) in [4.78, 5) is 3.79. The Morgan fingerprint density at radius 2 is 2.33 bits per heavy atom. The summed E-state index contributed by atoms with van der Waals surface area (Å²) in [6.07, 6.45) is 2.85. The van der Waals surface area contributed by atoms with Crippen LogP contribution in [-0.4, -0.2) is 32.2 Å². The molecule has 0 bridgehead atoms. The van der Waals surface area contributed by atoms with Crippen molar-refractivity contribution in [2.75, 3.05) is 6.61 Å². The maximum atomic E-state index is 12.2. The molecule has 18 heavy (non-hydrogen) atoms. The molecule has 7 heteroatoms. The fourth-order valence-corrected chi connectivity index (χ4v) is 3.70. The molecule has 1 N–H and O–H groups in total. The van der Waals surface area contributed by atoms with Crippen LogP contribution in [0.5, 0.6) is 0 Å². The van der Waals surface area contributed by atoms with E-state index in [2.05, 4.69) is 9.71 Å². The van der Waals surface area contributed by atoms with Crippen molar-refractivity contribution in [1.82, 2.24) is 9.71 Å². The van der Waals surface area contributed by atoms with Gasteiger partial charge in [0.2, 0.25) is 10.0 Å². The lowest BCUT2D eigenvalue weighted by Gasteiger charge is -2.27. The number of hydrogen-bond donors (Lipinski definition) is 1. The summed E-state index contributed by atoms with van der Waals surface area (Å²) in [6.45, 7) is 2.49. The molecule has 0 spiro atoms. The first kappa shape index (κ1) is 13.7. The lowest BCUT2D eigenvalue weighted by Crippen LogP contribution is -2.41. The van der Waals surface area contributed by atoms with E-state index in [9.17, 15) is 8.42 Å².